The number of nitrogens with two attached hydrogens (primary N) is 2. The van der Waals surface area contributed by atoms with Gasteiger partial charge in [0.2, 0.25) is 10.0 Å². The second-order valence-electron chi connectivity index (χ2n) is 4.15. The Morgan fingerprint density at radius 1 is 1.10 bits per heavy atom. The number of hydrogen-bond donors (Lipinski definition) is 2. The molecule has 20 heavy (non-hydrogen) atoms. The number of primary sulfonamides is 1. The summed E-state index contributed by atoms with van der Waals surface area (Å²) >= 11 is 6.13. The second kappa shape index (κ2) is 5.32. The molecule has 2 aromatic carbocycles. The number of methoxy groups -OCH3 is 1. The molecule has 0 amide bonds. The van der Waals surface area contributed by atoms with Crippen molar-refractivity contribution in [3.63, 3.8) is 0 Å². The van der Waals surface area contributed by atoms with Crippen molar-refractivity contribution in [2.24, 2.45) is 5.14 Å². The predicted molar refractivity (Wildman–Crippen MR) is 79.2 cm³/mol. The molecule has 0 bridgehead atoms. The number of rotatable bonds is 3. The molecule has 7 heteroatoms. The van der Waals surface area contributed by atoms with Crippen LogP contribution >= 0.6 is 11.6 Å². The number of halogens is 1. The molecule has 0 radical (unpaired) electrons. The van der Waals surface area contributed by atoms with Gasteiger partial charge in [-0.05, 0) is 30.3 Å². The minimum absolute atomic E-state index is 0.0232. The van der Waals surface area contributed by atoms with Crippen molar-refractivity contribution in [2.75, 3.05) is 12.8 Å². The van der Waals surface area contributed by atoms with E-state index in [1.165, 1.54) is 19.2 Å². The molecule has 5 nitrogen and oxygen atoms in total. The molecule has 0 aliphatic carbocycles. The molecule has 0 saturated heterocycles. The monoisotopic (exact) mass is 312 g/mol. The lowest BCUT2D eigenvalue weighted by molar-refractivity contribution is 0.414. The van der Waals surface area contributed by atoms with Gasteiger partial charge < -0.3 is 10.5 Å². The third-order valence-corrected chi connectivity index (χ3v) is 4.06. The van der Waals surface area contributed by atoms with Crippen LogP contribution < -0.4 is 15.6 Å². The fourth-order valence-corrected chi connectivity index (χ4v) is 2.87. The van der Waals surface area contributed by atoms with E-state index < -0.39 is 10.0 Å². The highest BCUT2D eigenvalue weighted by Gasteiger charge is 2.18. The highest BCUT2D eigenvalue weighted by atomic mass is 35.5. The van der Waals surface area contributed by atoms with Crippen molar-refractivity contribution in [3.05, 3.63) is 41.4 Å². The van der Waals surface area contributed by atoms with Gasteiger partial charge in [0, 0.05) is 16.8 Å². The Hall–Kier alpha value is -1.76. The van der Waals surface area contributed by atoms with Gasteiger partial charge in [0.1, 0.15) is 5.75 Å². The molecule has 2 rings (SSSR count). The van der Waals surface area contributed by atoms with Crippen LogP contribution in [0.3, 0.4) is 0 Å². The zero-order chi connectivity index (χ0) is 14.9. The van der Waals surface area contributed by atoms with E-state index in [4.69, 9.17) is 27.2 Å². The minimum atomic E-state index is -3.88. The molecule has 0 spiro atoms. The number of hydrogen-bond acceptors (Lipinski definition) is 4. The Morgan fingerprint density at radius 3 is 2.35 bits per heavy atom. The van der Waals surface area contributed by atoms with E-state index in [-0.39, 0.29) is 4.90 Å². The topological polar surface area (TPSA) is 95.4 Å². The van der Waals surface area contributed by atoms with Crippen LogP contribution in [-0.4, -0.2) is 15.5 Å². The molecule has 0 heterocycles. The van der Waals surface area contributed by atoms with Gasteiger partial charge in [-0.2, -0.15) is 0 Å². The van der Waals surface area contributed by atoms with E-state index in [2.05, 4.69) is 0 Å². The van der Waals surface area contributed by atoms with Crippen molar-refractivity contribution in [1.82, 2.24) is 0 Å². The standard InChI is InChI=1S/C13H13ClN2O3S/c1-19-9-3-5-13(20(16,17)18)11(7-9)10-4-2-8(15)6-12(10)14/h2-7H,15H2,1H3,(H2,16,17,18). The summed E-state index contributed by atoms with van der Waals surface area (Å²) in [6, 6.07) is 9.29. The van der Waals surface area contributed by atoms with E-state index in [0.717, 1.165) is 0 Å². The molecule has 0 aliphatic rings. The maximum absolute atomic E-state index is 11.7. The Balaban J connectivity index is 2.76. The first-order valence-electron chi connectivity index (χ1n) is 5.59. The Kier molecular flexibility index (Phi) is 3.89. The average Bonchev–Trinajstić information content (AvgIpc) is 2.37. The van der Waals surface area contributed by atoms with Gasteiger partial charge in [-0.1, -0.05) is 17.7 Å². The van der Waals surface area contributed by atoms with Crippen molar-refractivity contribution in [1.29, 1.82) is 0 Å². The Morgan fingerprint density at radius 2 is 1.80 bits per heavy atom. The summed E-state index contributed by atoms with van der Waals surface area (Å²) in [5.41, 5.74) is 7.01. The molecule has 0 atom stereocenters. The van der Waals surface area contributed by atoms with Gasteiger partial charge in [-0.25, -0.2) is 13.6 Å². The first kappa shape index (κ1) is 14.6. The molecule has 2 aromatic rings. The SMILES string of the molecule is COc1ccc(S(N)(=O)=O)c(-c2ccc(N)cc2Cl)c1. The minimum Gasteiger partial charge on any atom is -0.497 e. The van der Waals surface area contributed by atoms with Gasteiger partial charge >= 0.3 is 0 Å². The first-order chi connectivity index (χ1) is 9.32. The summed E-state index contributed by atoms with van der Waals surface area (Å²) in [6.45, 7) is 0. The Bertz CT molecular complexity index is 760. The number of ether oxygens (including phenoxy) is 1. The lowest BCUT2D eigenvalue weighted by Crippen LogP contribution is -2.13. The van der Waals surface area contributed by atoms with Crippen LogP contribution in [0.5, 0.6) is 5.75 Å². The van der Waals surface area contributed by atoms with Crippen molar-refractivity contribution >= 4 is 27.3 Å². The molecule has 4 N–H and O–H groups in total. The van der Waals surface area contributed by atoms with Crippen LogP contribution in [0.2, 0.25) is 5.02 Å². The van der Waals surface area contributed by atoms with E-state index in [0.29, 0.717) is 27.6 Å². The van der Waals surface area contributed by atoms with Crippen LogP contribution in [0.15, 0.2) is 41.3 Å². The fraction of sp³-hybridized carbons (Fsp3) is 0.0769. The van der Waals surface area contributed by atoms with Crippen LogP contribution in [0.1, 0.15) is 0 Å². The van der Waals surface area contributed by atoms with Crippen LogP contribution in [0.25, 0.3) is 11.1 Å². The summed E-state index contributed by atoms with van der Waals surface area (Å²) in [5, 5.41) is 5.57. The number of benzene rings is 2. The van der Waals surface area contributed by atoms with Crippen molar-refractivity contribution in [2.45, 2.75) is 4.90 Å². The molecule has 0 fully saturated rings. The van der Waals surface area contributed by atoms with Gasteiger partial charge in [-0.15, -0.1) is 0 Å². The summed E-state index contributed by atoms with van der Waals surface area (Å²) in [4.78, 5) is -0.0232. The quantitative estimate of drug-likeness (QED) is 0.850. The smallest absolute Gasteiger partial charge is 0.238 e. The number of sulfonamides is 1. The van der Waals surface area contributed by atoms with Gasteiger partial charge in [0.15, 0.2) is 0 Å². The fourth-order valence-electron chi connectivity index (χ4n) is 1.84. The Labute approximate surface area is 122 Å². The lowest BCUT2D eigenvalue weighted by Gasteiger charge is -2.12. The summed E-state index contributed by atoms with van der Waals surface area (Å²) in [7, 11) is -2.39. The third-order valence-electron chi connectivity index (χ3n) is 2.78. The zero-order valence-corrected chi connectivity index (χ0v) is 12.2. The highest BCUT2D eigenvalue weighted by Crippen LogP contribution is 2.35. The molecular formula is C13H13ClN2O3S. The largest absolute Gasteiger partial charge is 0.497 e. The maximum atomic E-state index is 11.7. The van der Waals surface area contributed by atoms with Gasteiger partial charge in [0.05, 0.1) is 17.0 Å². The van der Waals surface area contributed by atoms with Crippen molar-refractivity contribution in [3.8, 4) is 16.9 Å². The summed E-state index contributed by atoms with van der Waals surface area (Å²) < 4.78 is 28.5. The normalized spacial score (nSPS) is 11.3. The molecule has 0 unspecified atom stereocenters. The van der Waals surface area contributed by atoms with Gasteiger partial charge in [-0.3, -0.25) is 0 Å². The van der Waals surface area contributed by atoms with Crippen LogP contribution in [0.4, 0.5) is 5.69 Å². The lowest BCUT2D eigenvalue weighted by atomic mass is 10.0. The molecule has 0 saturated carbocycles. The summed E-state index contributed by atoms with van der Waals surface area (Å²) in [6.07, 6.45) is 0. The van der Waals surface area contributed by atoms with E-state index in [1.807, 2.05) is 0 Å². The number of anilines is 1. The molecule has 0 aromatic heterocycles. The van der Waals surface area contributed by atoms with Crippen LogP contribution in [0, 0.1) is 0 Å². The average molecular weight is 313 g/mol. The van der Waals surface area contributed by atoms with E-state index in [9.17, 15) is 8.42 Å². The highest BCUT2D eigenvalue weighted by molar-refractivity contribution is 7.89. The maximum Gasteiger partial charge on any atom is 0.238 e. The van der Waals surface area contributed by atoms with E-state index >= 15 is 0 Å². The number of nitrogen functional groups attached to an aromatic ring is 1. The predicted octanol–water partition coefficient (Wildman–Crippen LogP) is 2.25. The zero-order valence-electron chi connectivity index (χ0n) is 10.6. The first-order valence-corrected chi connectivity index (χ1v) is 7.51. The van der Waals surface area contributed by atoms with Gasteiger partial charge in [0.25, 0.3) is 0 Å². The van der Waals surface area contributed by atoms with E-state index in [1.54, 1.807) is 24.3 Å². The molecular weight excluding hydrogens is 300 g/mol. The molecule has 106 valence electrons. The third kappa shape index (κ3) is 2.87. The van der Waals surface area contributed by atoms with Crippen LogP contribution in [-0.2, 0) is 10.0 Å². The summed E-state index contributed by atoms with van der Waals surface area (Å²) in [5.74, 6) is 0.500. The molecule has 0 aliphatic heterocycles. The second-order valence-corrected chi connectivity index (χ2v) is 6.08. The van der Waals surface area contributed by atoms with Crippen molar-refractivity contribution < 1.29 is 13.2 Å².